The summed E-state index contributed by atoms with van der Waals surface area (Å²) in [6.07, 6.45) is 4.75. The lowest BCUT2D eigenvalue weighted by molar-refractivity contribution is -0.154. The van der Waals surface area contributed by atoms with E-state index >= 15 is 0 Å². The summed E-state index contributed by atoms with van der Waals surface area (Å²) in [5.74, 6) is 0.444. The van der Waals surface area contributed by atoms with Crippen molar-refractivity contribution in [2.24, 2.45) is 0 Å². The highest BCUT2D eigenvalue weighted by atomic mass is 79.9. The normalized spacial score (nSPS) is 13.0. The van der Waals surface area contributed by atoms with E-state index < -0.39 is 0 Å². The first-order valence-corrected chi connectivity index (χ1v) is 8.58. The molecule has 0 saturated heterocycles. The minimum atomic E-state index is -0.383. The molecule has 0 N–H and O–H groups in total. The van der Waals surface area contributed by atoms with E-state index in [2.05, 4.69) is 47.1 Å². The molecule has 0 spiro atoms. The van der Waals surface area contributed by atoms with Crippen molar-refractivity contribution in [2.75, 3.05) is 0 Å². The molecule has 0 fully saturated rings. The molecule has 0 aliphatic heterocycles. The van der Waals surface area contributed by atoms with Crippen molar-refractivity contribution >= 4 is 21.9 Å². The second kappa shape index (κ2) is 8.57. The summed E-state index contributed by atoms with van der Waals surface area (Å²) in [5, 5.41) is 0. The molecule has 0 radical (unpaired) electrons. The van der Waals surface area contributed by atoms with Gasteiger partial charge >= 0.3 is 5.97 Å². The fourth-order valence-electron chi connectivity index (χ4n) is 2.45. The summed E-state index contributed by atoms with van der Waals surface area (Å²) in [5.41, 5.74) is 0.982. The van der Waals surface area contributed by atoms with E-state index in [0.29, 0.717) is 12.3 Å². The topological polar surface area (TPSA) is 26.3 Å². The number of carbonyl (C=O) groups excluding carboxylic acids is 1. The van der Waals surface area contributed by atoms with Crippen molar-refractivity contribution in [3.63, 3.8) is 0 Å². The van der Waals surface area contributed by atoms with Crippen molar-refractivity contribution in [3.8, 4) is 0 Å². The largest absolute Gasteiger partial charge is 0.460 e. The molecule has 0 aromatic heterocycles. The number of hydrogen-bond acceptors (Lipinski definition) is 2. The third kappa shape index (κ3) is 7.66. The summed E-state index contributed by atoms with van der Waals surface area (Å²) in [6, 6.07) is 8.54. The second-order valence-corrected chi connectivity index (χ2v) is 7.43. The van der Waals surface area contributed by atoms with E-state index in [4.69, 9.17) is 4.74 Å². The molecule has 0 aliphatic carbocycles. The number of benzene rings is 1. The van der Waals surface area contributed by atoms with E-state index in [1.165, 1.54) is 5.56 Å². The quantitative estimate of drug-likeness (QED) is 0.574. The Labute approximate surface area is 137 Å². The molecule has 0 bridgehead atoms. The number of hydrogen-bond donors (Lipinski definition) is 0. The van der Waals surface area contributed by atoms with E-state index in [-0.39, 0.29) is 11.6 Å². The van der Waals surface area contributed by atoms with Crippen LogP contribution in [0, 0.1) is 0 Å². The standard InChI is InChI=1S/C18H27BrO2/c1-5-7-14(15-10-12-16(19)13-11-15)8-6-9-17(20)21-18(2,3)4/h10-14H,5-9H2,1-4H3. The SMILES string of the molecule is CCCC(CCCC(=O)OC(C)(C)C)c1ccc(Br)cc1. The van der Waals surface area contributed by atoms with Crippen molar-refractivity contribution in [1.29, 1.82) is 0 Å². The van der Waals surface area contributed by atoms with E-state index in [9.17, 15) is 4.79 Å². The average molecular weight is 355 g/mol. The van der Waals surface area contributed by atoms with Crippen LogP contribution in [0.5, 0.6) is 0 Å². The smallest absolute Gasteiger partial charge is 0.306 e. The van der Waals surface area contributed by atoms with Gasteiger partial charge in [0.05, 0.1) is 0 Å². The Kier molecular flexibility index (Phi) is 7.44. The van der Waals surface area contributed by atoms with Gasteiger partial charge in [-0.05, 0) is 63.6 Å². The maximum Gasteiger partial charge on any atom is 0.306 e. The molecule has 1 rings (SSSR count). The van der Waals surface area contributed by atoms with Gasteiger partial charge in [-0.1, -0.05) is 41.4 Å². The lowest BCUT2D eigenvalue weighted by Gasteiger charge is -2.20. The van der Waals surface area contributed by atoms with E-state index in [0.717, 1.165) is 30.2 Å². The second-order valence-electron chi connectivity index (χ2n) is 6.52. The van der Waals surface area contributed by atoms with Gasteiger partial charge in [0.25, 0.3) is 0 Å². The van der Waals surface area contributed by atoms with E-state index in [1.807, 2.05) is 20.8 Å². The van der Waals surface area contributed by atoms with Crippen molar-refractivity contribution in [3.05, 3.63) is 34.3 Å². The van der Waals surface area contributed by atoms with Crippen LogP contribution in [0.25, 0.3) is 0 Å². The summed E-state index contributed by atoms with van der Waals surface area (Å²) >= 11 is 3.47. The maximum absolute atomic E-state index is 11.8. The van der Waals surface area contributed by atoms with Gasteiger partial charge in [0.15, 0.2) is 0 Å². The summed E-state index contributed by atoms with van der Waals surface area (Å²) in [4.78, 5) is 11.8. The fourth-order valence-corrected chi connectivity index (χ4v) is 2.71. The molecule has 1 unspecified atom stereocenters. The van der Waals surface area contributed by atoms with Crippen LogP contribution in [0.4, 0.5) is 0 Å². The molecule has 0 saturated carbocycles. The number of ether oxygens (including phenoxy) is 1. The van der Waals surface area contributed by atoms with Gasteiger partial charge in [0.1, 0.15) is 5.60 Å². The zero-order valence-electron chi connectivity index (χ0n) is 13.6. The van der Waals surface area contributed by atoms with Crippen LogP contribution < -0.4 is 0 Å². The number of carbonyl (C=O) groups is 1. The van der Waals surface area contributed by atoms with Gasteiger partial charge in [0, 0.05) is 10.9 Å². The van der Waals surface area contributed by atoms with Gasteiger partial charge in [-0.3, -0.25) is 4.79 Å². The van der Waals surface area contributed by atoms with E-state index in [1.54, 1.807) is 0 Å². The van der Waals surface area contributed by atoms with Crippen LogP contribution in [0.2, 0.25) is 0 Å². The summed E-state index contributed by atoms with van der Waals surface area (Å²) in [6.45, 7) is 7.94. The number of rotatable bonds is 7. The predicted molar refractivity (Wildman–Crippen MR) is 91.5 cm³/mol. The lowest BCUT2D eigenvalue weighted by atomic mass is 9.90. The molecule has 118 valence electrons. The first kappa shape index (κ1) is 18.2. The third-order valence-electron chi connectivity index (χ3n) is 3.33. The molecule has 2 nitrogen and oxygen atoms in total. The molecular weight excluding hydrogens is 328 g/mol. The van der Waals surface area contributed by atoms with Gasteiger partial charge < -0.3 is 4.74 Å². The Balaban J connectivity index is 2.48. The Morgan fingerprint density at radius 1 is 1.19 bits per heavy atom. The van der Waals surface area contributed by atoms with Gasteiger partial charge in [-0.2, -0.15) is 0 Å². The highest BCUT2D eigenvalue weighted by Crippen LogP contribution is 2.28. The third-order valence-corrected chi connectivity index (χ3v) is 3.86. The molecule has 0 amide bonds. The molecule has 21 heavy (non-hydrogen) atoms. The van der Waals surface area contributed by atoms with Crippen LogP contribution in [-0.4, -0.2) is 11.6 Å². The molecule has 0 heterocycles. The first-order valence-electron chi connectivity index (χ1n) is 7.79. The van der Waals surface area contributed by atoms with Gasteiger partial charge in [-0.25, -0.2) is 0 Å². The van der Waals surface area contributed by atoms with Crippen LogP contribution >= 0.6 is 15.9 Å². The number of halogens is 1. The number of esters is 1. The zero-order chi connectivity index (χ0) is 15.9. The lowest BCUT2D eigenvalue weighted by Crippen LogP contribution is -2.23. The molecule has 1 atom stereocenters. The summed E-state index contributed by atoms with van der Waals surface area (Å²) in [7, 11) is 0. The molecule has 1 aromatic carbocycles. The highest BCUT2D eigenvalue weighted by molar-refractivity contribution is 9.10. The Morgan fingerprint density at radius 2 is 1.81 bits per heavy atom. The summed E-state index contributed by atoms with van der Waals surface area (Å²) < 4.78 is 6.46. The fraction of sp³-hybridized carbons (Fsp3) is 0.611. The monoisotopic (exact) mass is 354 g/mol. The first-order chi connectivity index (χ1) is 9.81. The minimum Gasteiger partial charge on any atom is -0.460 e. The van der Waals surface area contributed by atoms with Crippen LogP contribution in [0.1, 0.15) is 71.3 Å². The molecular formula is C18H27BrO2. The average Bonchev–Trinajstić information content (AvgIpc) is 2.36. The van der Waals surface area contributed by atoms with Crippen molar-refractivity contribution < 1.29 is 9.53 Å². The Morgan fingerprint density at radius 3 is 2.33 bits per heavy atom. The zero-order valence-corrected chi connectivity index (χ0v) is 15.2. The minimum absolute atomic E-state index is 0.0893. The molecule has 3 heteroatoms. The highest BCUT2D eigenvalue weighted by Gasteiger charge is 2.17. The van der Waals surface area contributed by atoms with Crippen LogP contribution in [0.15, 0.2) is 28.7 Å². The van der Waals surface area contributed by atoms with Crippen molar-refractivity contribution in [2.45, 2.75) is 71.3 Å². The van der Waals surface area contributed by atoms with Gasteiger partial charge in [0.2, 0.25) is 0 Å². The Bertz CT molecular complexity index is 432. The Hall–Kier alpha value is -0.830. The predicted octanol–water partition coefficient (Wildman–Crippen LogP) is 5.84. The van der Waals surface area contributed by atoms with Gasteiger partial charge in [-0.15, -0.1) is 0 Å². The molecule has 1 aromatic rings. The van der Waals surface area contributed by atoms with Crippen LogP contribution in [0.3, 0.4) is 0 Å². The van der Waals surface area contributed by atoms with Crippen LogP contribution in [-0.2, 0) is 9.53 Å². The van der Waals surface area contributed by atoms with Crippen molar-refractivity contribution in [1.82, 2.24) is 0 Å². The maximum atomic E-state index is 11.8. The molecule has 0 aliphatic rings.